The zero-order valence-corrected chi connectivity index (χ0v) is 16.2. The molecular formula is C25H18N2O2. The van der Waals surface area contributed by atoms with Crippen molar-refractivity contribution in [3.8, 4) is 23.6 Å². The second-order valence-electron chi connectivity index (χ2n) is 7.12. The number of rotatable bonds is 4. The molecule has 0 aliphatic heterocycles. The van der Waals surface area contributed by atoms with Gasteiger partial charge in [0.25, 0.3) is 0 Å². The van der Waals surface area contributed by atoms with Crippen molar-refractivity contribution in [3.05, 3.63) is 75.6 Å². The molecule has 0 radical (unpaired) electrons. The molecule has 0 saturated heterocycles. The Kier molecular flexibility index (Phi) is 4.63. The van der Waals surface area contributed by atoms with E-state index in [1.165, 1.54) is 5.56 Å². The second-order valence-corrected chi connectivity index (χ2v) is 7.12. The van der Waals surface area contributed by atoms with E-state index >= 15 is 0 Å². The van der Waals surface area contributed by atoms with E-state index in [1.54, 1.807) is 24.3 Å². The molecule has 4 aromatic carbocycles. The Labute approximate surface area is 168 Å². The first-order valence-electron chi connectivity index (χ1n) is 9.52. The van der Waals surface area contributed by atoms with Crippen LogP contribution in [0.2, 0.25) is 0 Å². The van der Waals surface area contributed by atoms with Gasteiger partial charge in [-0.15, -0.1) is 0 Å². The van der Waals surface area contributed by atoms with Gasteiger partial charge in [0.05, 0.1) is 5.22 Å². The highest BCUT2D eigenvalue weighted by atomic mass is 16.5. The molecule has 140 valence electrons. The maximum absolute atomic E-state index is 12.8. The van der Waals surface area contributed by atoms with E-state index in [4.69, 9.17) is 4.74 Å². The fraction of sp³-hybridized carbons (Fsp3) is 0.160. The maximum atomic E-state index is 12.8. The lowest BCUT2D eigenvalue weighted by molar-refractivity contribution is 0.488. The van der Waals surface area contributed by atoms with Crippen LogP contribution in [0.4, 0.5) is 0 Å². The molecule has 4 heteroatoms. The topological polar surface area (TPSA) is 73.9 Å². The number of hydrogen-bond donors (Lipinski definition) is 0. The Hall–Kier alpha value is -3.89. The molecule has 1 atom stereocenters. The minimum atomic E-state index is -0.293. The number of nitriles is 2. The van der Waals surface area contributed by atoms with E-state index < -0.39 is 0 Å². The van der Waals surface area contributed by atoms with Gasteiger partial charge in [0.2, 0.25) is 0 Å². The molecule has 0 fully saturated rings. The minimum Gasteiger partial charge on any atom is -0.457 e. The van der Waals surface area contributed by atoms with Gasteiger partial charge in [-0.25, -0.2) is 0 Å². The summed E-state index contributed by atoms with van der Waals surface area (Å²) in [5.41, 5.74) is 0.807. The van der Waals surface area contributed by atoms with Crippen LogP contribution >= 0.6 is 0 Å². The smallest absolute Gasteiger partial charge is 0.196 e. The van der Waals surface area contributed by atoms with Crippen molar-refractivity contribution in [3.63, 3.8) is 0 Å². The highest BCUT2D eigenvalue weighted by molar-refractivity contribution is 6.14. The zero-order valence-electron chi connectivity index (χ0n) is 16.2. The van der Waals surface area contributed by atoms with E-state index in [-0.39, 0.29) is 16.2 Å². The Bertz CT molecular complexity index is 1390. The summed E-state index contributed by atoms with van der Waals surface area (Å²) in [6.07, 6.45) is 1.08. The second kappa shape index (κ2) is 7.26. The van der Waals surface area contributed by atoms with Gasteiger partial charge in [-0.05, 0) is 47.6 Å². The van der Waals surface area contributed by atoms with E-state index in [2.05, 4.69) is 26.0 Å². The SMILES string of the molecule is CCC(C)c1ccc(Oc2ccc3c(=C(C#N)C#N)c(=O)c4cccc2c43)cc1. The van der Waals surface area contributed by atoms with Gasteiger partial charge in [-0.1, -0.05) is 44.2 Å². The maximum Gasteiger partial charge on any atom is 0.196 e. The van der Waals surface area contributed by atoms with Crippen LogP contribution in [0.25, 0.3) is 27.1 Å². The Morgan fingerprint density at radius 1 is 0.966 bits per heavy atom. The average Bonchev–Trinajstić information content (AvgIpc) is 3.04. The first-order chi connectivity index (χ1) is 14.1. The summed E-state index contributed by atoms with van der Waals surface area (Å²) in [7, 11) is 0. The van der Waals surface area contributed by atoms with Crippen molar-refractivity contribution in [2.45, 2.75) is 26.2 Å². The number of hydrogen-bond acceptors (Lipinski definition) is 4. The molecule has 0 aliphatic rings. The van der Waals surface area contributed by atoms with Crippen LogP contribution < -0.4 is 15.4 Å². The highest BCUT2D eigenvalue weighted by Crippen LogP contribution is 2.34. The zero-order chi connectivity index (χ0) is 20.5. The van der Waals surface area contributed by atoms with E-state index in [0.29, 0.717) is 28.2 Å². The average molecular weight is 378 g/mol. The first-order valence-corrected chi connectivity index (χ1v) is 9.52. The number of nitrogens with zero attached hydrogens (tertiary/aromatic N) is 2. The summed E-state index contributed by atoms with van der Waals surface area (Å²) < 4.78 is 6.12. The predicted molar refractivity (Wildman–Crippen MR) is 114 cm³/mol. The third kappa shape index (κ3) is 2.96. The van der Waals surface area contributed by atoms with Crippen molar-refractivity contribution in [2.24, 2.45) is 0 Å². The largest absolute Gasteiger partial charge is 0.457 e. The van der Waals surface area contributed by atoms with Crippen LogP contribution in [0.3, 0.4) is 0 Å². The number of ether oxygens (including phenoxy) is 1. The third-order valence-corrected chi connectivity index (χ3v) is 5.50. The van der Waals surface area contributed by atoms with Gasteiger partial charge < -0.3 is 4.74 Å². The fourth-order valence-electron chi connectivity index (χ4n) is 3.74. The molecule has 0 saturated carbocycles. The number of benzene rings is 3. The first kappa shape index (κ1) is 18.5. The van der Waals surface area contributed by atoms with Gasteiger partial charge in [0, 0.05) is 16.2 Å². The molecule has 0 spiro atoms. The molecule has 4 nitrogen and oxygen atoms in total. The van der Waals surface area contributed by atoms with Crippen molar-refractivity contribution in [2.75, 3.05) is 0 Å². The molecule has 1 unspecified atom stereocenters. The quantitative estimate of drug-likeness (QED) is 0.500. The molecule has 0 bridgehead atoms. The molecule has 4 aromatic rings. The molecule has 0 heterocycles. The molecule has 0 amide bonds. The highest BCUT2D eigenvalue weighted by Gasteiger charge is 2.17. The van der Waals surface area contributed by atoms with Gasteiger partial charge in [-0.3, -0.25) is 4.79 Å². The summed E-state index contributed by atoms with van der Waals surface area (Å²) >= 11 is 0. The van der Waals surface area contributed by atoms with Crippen molar-refractivity contribution in [1.82, 2.24) is 0 Å². The predicted octanol–water partition coefficient (Wildman–Crippen LogP) is 5.01. The van der Waals surface area contributed by atoms with E-state index in [9.17, 15) is 15.3 Å². The van der Waals surface area contributed by atoms with Gasteiger partial charge in [0.15, 0.2) is 5.43 Å². The Morgan fingerprint density at radius 3 is 2.31 bits per heavy atom. The summed E-state index contributed by atoms with van der Waals surface area (Å²) in [6, 6.07) is 20.7. The summed E-state index contributed by atoms with van der Waals surface area (Å²) in [6.45, 7) is 4.35. The van der Waals surface area contributed by atoms with Crippen molar-refractivity contribution >= 4 is 27.1 Å². The third-order valence-electron chi connectivity index (χ3n) is 5.50. The lowest BCUT2D eigenvalue weighted by Crippen LogP contribution is -2.21. The molecular weight excluding hydrogens is 360 g/mol. The molecule has 4 rings (SSSR count). The molecule has 0 aromatic heterocycles. The van der Waals surface area contributed by atoms with Crippen LogP contribution in [0.1, 0.15) is 31.7 Å². The molecule has 0 N–H and O–H groups in total. The van der Waals surface area contributed by atoms with Crippen LogP contribution in [0.15, 0.2) is 59.4 Å². The Balaban J connectivity index is 1.88. The fourth-order valence-corrected chi connectivity index (χ4v) is 3.74. The lowest BCUT2D eigenvalue weighted by Gasteiger charge is -2.12. The van der Waals surface area contributed by atoms with Crippen LogP contribution in [0.5, 0.6) is 11.5 Å². The van der Waals surface area contributed by atoms with E-state index in [1.807, 2.05) is 30.3 Å². The monoisotopic (exact) mass is 378 g/mol. The normalized spacial score (nSPS) is 11.9. The summed E-state index contributed by atoms with van der Waals surface area (Å²) in [5.74, 6) is 1.84. The summed E-state index contributed by atoms with van der Waals surface area (Å²) in [4.78, 5) is 12.8. The molecule has 29 heavy (non-hydrogen) atoms. The van der Waals surface area contributed by atoms with Gasteiger partial charge in [0.1, 0.15) is 29.2 Å². The van der Waals surface area contributed by atoms with Crippen LogP contribution in [-0.2, 0) is 0 Å². The van der Waals surface area contributed by atoms with Crippen molar-refractivity contribution in [1.29, 1.82) is 10.5 Å². The molecule has 0 aliphatic carbocycles. The van der Waals surface area contributed by atoms with E-state index in [0.717, 1.165) is 17.2 Å². The standard InChI is InChI=1S/C25H18N2O2/c1-3-15(2)16-7-9-18(10-8-16)29-22-12-11-20-23(17(13-26)14-27)25(28)21-6-4-5-19(22)24(20)21/h4-12,15H,3H2,1-2H3. The Morgan fingerprint density at radius 2 is 1.66 bits per heavy atom. The lowest BCUT2D eigenvalue weighted by atomic mass is 9.99. The minimum absolute atomic E-state index is 0.165. The van der Waals surface area contributed by atoms with Crippen molar-refractivity contribution < 1.29 is 4.74 Å². The van der Waals surface area contributed by atoms with Crippen LogP contribution in [-0.4, -0.2) is 0 Å². The van der Waals surface area contributed by atoms with Gasteiger partial charge >= 0.3 is 0 Å². The van der Waals surface area contributed by atoms with Gasteiger partial charge in [-0.2, -0.15) is 10.5 Å². The van der Waals surface area contributed by atoms with Crippen LogP contribution in [0, 0.1) is 22.7 Å². The summed E-state index contributed by atoms with van der Waals surface area (Å²) in [5, 5.41) is 21.3.